The molecule has 2 heterocycles. The van der Waals surface area contributed by atoms with Gasteiger partial charge >= 0.3 is 0 Å². The molecule has 2 aliphatic heterocycles. The maximum atomic E-state index is 13.2. The average Bonchev–Trinajstić information content (AvgIpc) is 2.79. The van der Waals surface area contributed by atoms with Crippen molar-refractivity contribution in [2.45, 2.75) is 37.5 Å². The van der Waals surface area contributed by atoms with Crippen molar-refractivity contribution in [2.24, 2.45) is 5.92 Å². The minimum atomic E-state index is -3.82. The van der Waals surface area contributed by atoms with Gasteiger partial charge in [-0.2, -0.15) is 4.31 Å². The molecule has 2 aliphatic rings. The lowest BCUT2D eigenvalue weighted by atomic mass is 9.98. The molecular formula is C23H27N3O5S. The lowest BCUT2D eigenvalue weighted by Gasteiger charge is -2.31. The monoisotopic (exact) mass is 457 g/mol. The highest BCUT2D eigenvalue weighted by Gasteiger charge is 2.34. The van der Waals surface area contributed by atoms with Gasteiger partial charge in [-0.05, 0) is 54.7 Å². The Morgan fingerprint density at radius 2 is 1.94 bits per heavy atom. The van der Waals surface area contributed by atoms with Crippen LogP contribution in [0.2, 0.25) is 0 Å². The third kappa shape index (κ3) is 4.63. The molecule has 32 heavy (non-hydrogen) atoms. The smallest absolute Gasteiger partial charge is 0.262 e. The van der Waals surface area contributed by atoms with Gasteiger partial charge in [0.15, 0.2) is 6.61 Å². The van der Waals surface area contributed by atoms with Crippen molar-refractivity contribution in [3.63, 3.8) is 0 Å². The van der Waals surface area contributed by atoms with Gasteiger partial charge in [-0.25, -0.2) is 8.42 Å². The molecule has 0 bridgehead atoms. The second-order valence-corrected chi connectivity index (χ2v) is 10.4. The van der Waals surface area contributed by atoms with Crippen LogP contribution in [0.3, 0.4) is 0 Å². The van der Waals surface area contributed by atoms with Crippen LogP contribution in [0.4, 0.5) is 11.4 Å². The largest absolute Gasteiger partial charge is 0.482 e. The summed E-state index contributed by atoms with van der Waals surface area (Å²) < 4.78 is 33.1. The van der Waals surface area contributed by atoms with E-state index in [1.807, 2.05) is 24.3 Å². The summed E-state index contributed by atoms with van der Waals surface area (Å²) in [5.74, 6) is -0.122. The fraction of sp³-hybridized carbons (Fsp3) is 0.391. The standard InChI is InChI=1S/C23H27N3O5S/c1-15(2)16-5-7-18(8-6-16)24-23(28)17-4-3-11-26(13-17)32(29,30)19-9-10-21-20(12-19)25-22(27)14-31-21/h5-10,12,15,17H,3-4,11,13-14H2,1-2H3,(H,24,28)(H,25,27)/t17-/m0/s1. The zero-order valence-electron chi connectivity index (χ0n) is 18.1. The van der Waals surface area contributed by atoms with Crippen LogP contribution in [-0.2, 0) is 19.6 Å². The molecule has 170 valence electrons. The van der Waals surface area contributed by atoms with E-state index in [-0.39, 0.29) is 29.9 Å². The number of sulfonamides is 1. The molecule has 9 heteroatoms. The Balaban J connectivity index is 1.46. The second-order valence-electron chi connectivity index (χ2n) is 8.46. The summed E-state index contributed by atoms with van der Waals surface area (Å²) >= 11 is 0. The predicted octanol–water partition coefficient (Wildman–Crippen LogP) is 3.18. The van der Waals surface area contributed by atoms with Crippen LogP contribution in [0.1, 0.15) is 38.2 Å². The molecule has 0 unspecified atom stereocenters. The van der Waals surface area contributed by atoms with Gasteiger partial charge in [0.05, 0.1) is 16.5 Å². The summed E-state index contributed by atoms with van der Waals surface area (Å²) in [5, 5.41) is 5.54. The van der Waals surface area contributed by atoms with Gasteiger partial charge in [0.1, 0.15) is 5.75 Å². The number of rotatable bonds is 5. The summed E-state index contributed by atoms with van der Waals surface area (Å²) in [6, 6.07) is 12.1. The molecule has 0 saturated carbocycles. The Labute approximate surface area is 188 Å². The van der Waals surface area contributed by atoms with E-state index < -0.39 is 15.9 Å². The molecule has 2 amide bonds. The van der Waals surface area contributed by atoms with Gasteiger partial charge in [-0.3, -0.25) is 9.59 Å². The van der Waals surface area contributed by atoms with E-state index in [2.05, 4.69) is 24.5 Å². The molecule has 0 aliphatic carbocycles. The predicted molar refractivity (Wildman–Crippen MR) is 121 cm³/mol. The quantitative estimate of drug-likeness (QED) is 0.718. The van der Waals surface area contributed by atoms with Crippen molar-refractivity contribution in [3.8, 4) is 5.75 Å². The van der Waals surface area contributed by atoms with Gasteiger partial charge < -0.3 is 15.4 Å². The van der Waals surface area contributed by atoms with Crippen LogP contribution in [0.25, 0.3) is 0 Å². The first-order valence-electron chi connectivity index (χ1n) is 10.7. The van der Waals surface area contributed by atoms with E-state index in [9.17, 15) is 18.0 Å². The number of nitrogens with zero attached hydrogens (tertiary/aromatic N) is 1. The molecule has 0 spiro atoms. The van der Waals surface area contributed by atoms with E-state index in [0.717, 1.165) is 0 Å². The third-order valence-corrected chi connectivity index (χ3v) is 7.68. The van der Waals surface area contributed by atoms with E-state index >= 15 is 0 Å². The summed E-state index contributed by atoms with van der Waals surface area (Å²) in [4.78, 5) is 24.5. The average molecular weight is 458 g/mol. The number of carbonyl (C=O) groups is 2. The van der Waals surface area contributed by atoms with Crippen molar-refractivity contribution >= 4 is 33.2 Å². The van der Waals surface area contributed by atoms with Gasteiger partial charge in [-0.1, -0.05) is 26.0 Å². The molecular weight excluding hydrogens is 430 g/mol. The molecule has 1 fully saturated rings. The Hall–Kier alpha value is -2.91. The first-order valence-corrected chi connectivity index (χ1v) is 12.2. The zero-order valence-corrected chi connectivity index (χ0v) is 18.9. The highest BCUT2D eigenvalue weighted by molar-refractivity contribution is 7.89. The fourth-order valence-corrected chi connectivity index (χ4v) is 5.49. The van der Waals surface area contributed by atoms with Gasteiger partial charge in [-0.15, -0.1) is 0 Å². The van der Waals surface area contributed by atoms with Crippen LogP contribution in [0.15, 0.2) is 47.4 Å². The zero-order chi connectivity index (χ0) is 22.9. The van der Waals surface area contributed by atoms with E-state index in [4.69, 9.17) is 4.74 Å². The van der Waals surface area contributed by atoms with Crippen molar-refractivity contribution < 1.29 is 22.7 Å². The molecule has 0 radical (unpaired) electrons. The van der Waals surface area contributed by atoms with Gasteiger partial charge in [0.25, 0.3) is 5.91 Å². The number of hydrogen-bond donors (Lipinski definition) is 2. The maximum Gasteiger partial charge on any atom is 0.262 e. The molecule has 1 saturated heterocycles. The third-order valence-electron chi connectivity index (χ3n) is 5.82. The van der Waals surface area contributed by atoms with Crippen molar-refractivity contribution in [1.29, 1.82) is 0 Å². The molecule has 4 rings (SSSR count). The molecule has 0 aromatic heterocycles. The van der Waals surface area contributed by atoms with Crippen LogP contribution in [-0.4, -0.2) is 44.2 Å². The normalized spacial score (nSPS) is 19.1. The van der Waals surface area contributed by atoms with E-state index in [1.54, 1.807) is 0 Å². The Morgan fingerprint density at radius 1 is 1.19 bits per heavy atom. The topological polar surface area (TPSA) is 105 Å². The number of ether oxygens (including phenoxy) is 1. The summed E-state index contributed by atoms with van der Waals surface area (Å²) in [6.45, 7) is 4.57. The number of nitrogens with one attached hydrogen (secondary N) is 2. The molecule has 8 nitrogen and oxygen atoms in total. The number of amides is 2. The minimum absolute atomic E-state index is 0.0624. The van der Waals surface area contributed by atoms with Crippen molar-refractivity contribution in [3.05, 3.63) is 48.0 Å². The highest BCUT2D eigenvalue weighted by atomic mass is 32.2. The summed E-state index contributed by atoms with van der Waals surface area (Å²) in [6.07, 6.45) is 1.21. The second kappa shape index (κ2) is 8.91. The first-order chi connectivity index (χ1) is 15.2. The van der Waals surface area contributed by atoms with E-state index in [0.29, 0.717) is 42.4 Å². The van der Waals surface area contributed by atoms with Crippen molar-refractivity contribution in [1.82, 2.24) is 4.31 Å². The Kier molecular flexibility index (Phi) is 6.21. The Morgan fingerprint density at radius 3 is 2.66 bits per heavy atom. The number of anilines is 2. The number of piperidine rings is 1. The maximum absolute atomic E-state index is 13.2. The fourth-order valence-electron chi connectivity index (χ4n) is 3.94. The number of hydrogen-bond acceptors (Lipinski definition) is 5. The lowest BCUT2D eigenvalue weighted by Crippen LogP contribution is -2.43. The van der Waals surface area contributed by atoms with Crippen LogP contribution in [0, 0.1) is 5.92 Å². The molecule has 2 N–H and O–H groups in total. The number of carbonyl (C=O) groups excluding carboxylic acids is 2. The first kappa shape index (κ1) is 22.3. The molecule has 1 atom stereocenters. The number of benzene rings is 2. The minimum Gasteiger partial charge on any atom is -0.482 e. The number of fused-ring (bicyclic) bond motifs is 1. The van der Waals surface area contributed by atoms with Crippen LogP contribution >= 0.6 is 0 Å². The van der Waals surface area contributed by atoms with Gasteiger partial charge in [0.2, 0.25) is 15.9 Å². The highest BCUT2D eigenvalue weighted by Crippen LogP contribution is 2.32. The SMILES string of the molecule is CC(C)c1ccc(NC(=O)[C@H]2CCCN(S(=O)(=O)c3ccc4c(c3)NC(=O)CO4)C2)cc1. The molecule has 2 aromatic carbocycles. The summed E-state index contributed by atoms with van der Waals surface area (Å²) in [5.41, 5.74) is 2.22. The van der Waals surface area contributed by atoms with Crippen LogP contribution in [0.5, 0.6) is 5.75 Å². The van der Waals surface area contributed by atoms with Gasteiger partial charge in [0, 0.05) is 18.8 Å². The molecule has 2 aromatic rings. The van der Waals surface area contributed by atoms with Crippen molar-refractivity contribution in [2.75, 3.05) is 30.3 Å². The Bertz CT molecular complexity index is 1130. The van der Waals surface area contributed by atoms with E-state index in [1.165, 1.54) is 28.1 Å². The summed E-state index contributed by atoms with van der Waals surface area (Å²) in [7, 11) is -3.82. The lowest BCUT2D eigenvalue weighted by molar-refractivity contribution is -0.121. The van der Waals surface area contributed by atoms with Crippen LogP contribution < -0.4 is 15.4 Å².